The zero-order valence-electron chi connectivity index (χ0n) is 10.0. The van der Waals surface area contributed by atoms with Crippen molar-refractivity contribution in [3.63, 3.8) is 0 Å². The van der Waals surface area contributed by atoms with Crippen LogP contribution in [-0.4, -0.2) is 17.9 Å². The van der Waals surface area contributed by atoms with E-state index in [1.54, 1.807) is 13.8 Å². The predicted molar refractivity (Wildman–Crippen MR) is 64.1 cm³/mol. The molecule has 1 aromatic rings. The molecule has 0 aliphatic heterocycles. The van der Waals surface area contributed by atoms with Gasteiger partial charge in [-0.2, -0.15) is 13.2 Å². The van der Waals surface area contributed by atoms with Crippen molar-refractivity contribution in [1.29, 1.82) is 0 Å². The van der Waals surface area contributed by atoms with Crippen LogP contribution in [-0.2, 0) is 0 Å². The molecule has 0 aliphatic carbocycles. The van der Waals surface area contributed by atoms with E-state index in [0.717, 1.165) is 0 Å². The molecule has 0 amide bonds. The highest BCUT2D eigenvalue weighted by Gasteiger charge is 2.31. The van der Waals surface area contributed by atoms with Crippen LogP contribution < -0.4 is 4.74 Å². The summed E-state index contributed by atoms with van der Waals surface area (Å²) in [5.74, 6) is 0.0733. The number of carbonyl (C=O) groups excluding carboxylic acids is 1. The van der Waals surface area contributed by atoms with Gasteiger partial charge in [-0.15, -0.1) is 0 Å². The highest BCUT2D eigenvalue weighted by molar-refractivity contribution is 8.00. The van der Waals surface area contributed by atoms with Crippen LogP contribution in [0.15, 0.2) is 23.1 Å². The lowest BCUT2D eigenvalue weighted by atomic mass is 10.1. The lowest BCUT2D eigenvalue weighted by Crippen LogP contribution is -2.05. The molecule has 0 atom stereocenters. The molecule has 100 valence electrons. The Bertz CT molecular complexity index is 430. The molecule has 1 aromatic carbocycles. The van der Waals surface area contributed by atoms with Crippen molar-refractivity contribution < 1.29 is 22.7 Å². The summed E-state index contributed by atoms with van der Waals surface area (Å²) < 4.78 is 42.3. The number of hydrogen-bond acceptors (Lipinski definition) is 3. The second-order valence-electron chi connectivity index (χ2n) is 3.42. The van der Waals surface area contributed by atoms with Crippen LogP contribution in [0.5, 0.6) is 5.75 Å². The summed E-state index contributed by atoms with van der Waals surface area (Å²) in [5, 5.41) is 0. The first-order valence-corrected chi connectivity index (χ1v) is 6.24. The Hall–Kier alpha value is -1.17. The summed E-state index contributed by atoms with van der Waals surface area (Å²) in [7, 11) is 0. The topological polar surface area (TPSA) is 26.3 Å². The van der Waals surface area contributed by atoms with Gasteiger partial charge >= 0.3 is 5.51 Å². The van der Waals surface area contributed by atoms with Crippen LogP contribution in [0.1, 0.15) is 30.6 Å². The molecule has 0 N–H and O–H groups in total. The van der Waals surface area contributed by atoms with Crippen molar-refractivity contribution in [3.05, 3.63) is 23.8 Å². The molecule has 0 heterocycles. The number of rotatable bonds is 5. The fourth-order valence-corrected chi connectivity index (χ4v) is 2.06. The van der Waals surface area contributed by atoms with E-state index in [2.05, 4.69) is 0 Å². The van der Waals surface area contributed by atoms with E-state index in [0.29, 0.717) is 12.4 Å². The molecular weight excluding hydrogens is 265 g/mol. The highest BCUT2D eigenvalue weighted by atomic mass is 32.2. The SMILES string of the molecule is CCOc1ccc(SC(F)(F)F)c(C(=O)CC)c1. The summed E-state index contributed by atoms with van der Waals surface area (Å²) in [4.78, 5) is 11.6. The molecule has 0 aromatic heterocycles. The van der Waals surface area contributed by atoms with Gasteiger partial charge in [-0.3, -0.25) is 4.79 Å². The number of ketones is 1. The maximum absolute atomic E-state index is 12.4. The third-order valence-corrected chi connectivity index (χ3v) is 2.92. The van der Waals surface area contributed by atoms with E-state index in [1.165, 1.54) is 18.2 Å². The van der Waals surface area contributed by atoms with Crippen molar-refractivity contribution in [2.45, 2.75) is 30.7 Å². The van der Waals surface area contributed by atoms with Crippen LogP contribution in [0, 0.1) is 0 Å². The van der Waals surface area contributed by atoms with Crippen molar-refractivity contribution in [2.75, 3.05) is 6.61 Å². The lowest BCUT2D eigenvalue weighted by molar-refractivity contribution is -0.0328. The number of hydrogen-bond donors (Lipinski definition) is 0. The molecular formula is C12H13F3O2S. The Balaban J connectivity index is 3.12. The molecule has 0 bridgehead atoms. The minimum absolute atomic E-state index is 0.0609. The summed E-state index contributed by atoms with van der Waals surface area (Å²) in [6, 6.07) is 4.07. The van der Waals surface area contributed by atoms with Gasteiger partial charge in [0.1, 0.15) is 5.75 Å². The van der Waals surface area contributed by atoms with Crippen LogP contribution in [0.25, 0.3) is 0 Å². The third-order valence-electron chi connectivity index (χ3n) is 2.11. The van der Waals surface area contributed by atoms with Gasteiger partial charge in [0.2, 0.25) is 0 Å². The number of ether oxygens (including phenoxy) is 1. The Kier molecular flexibility index (Phi) is 5.07. The molecule has 18 heavy (non-hydrogen) atoms. The van der Waals surface area contributed by atoms with E-state index < -0.39 is 5.51 Å². The number of alkyl halides is 3. The molecule has 1 rings (SSSR count). The van der Waals surface area contributed by atoms with E-state index in [1.807, 2.05) is 0 Å². The standard InChI is InChI=1S/C12H13F3O2S/c1-3-10(16)9-7-8(17-4-2)5-6-11(9)18-12(13,14)15/h5-7H,3-4H2,1-2H3. The summed E-state index contributed by atoms with van der Waals surface area (Å²) in [6.45, 7) is 3.77. The van der Waals surface area contributed by atoms with E-state index in [9.17, 15) is 18.0 Å². The second kappa shape index (κ2) is 6.13. The van der Waals surface area contributed by atoms with Crippen LogP contribution >= 0.6 is 11.8 Å². The molecule has 0 fully saturated rings. The summed E-state index contributed by atoms with van der Waals surface area (Å²) >= 11 is -0.279. The number of benzene rings is 1. The average molecular weight is 278 g/mol. The molecule has 6 heteroatoms. The monoisotopic (exact) mass is 278 g/mol. The van der Waals surface area contributed by atoms with Crippen molar-refractivity contribution >= 4 is 17.5 Å². The van der Waals surface area contributed by atoms with E-state index in [4.69, 9.17) is 4.74 Å². The second-order valence-corrected chi connectivity index (χ2v) is 4.52. The molecule has 0 aliphatic rings. The van der Waals surface area contributed by atoms with Crippen molar-refractivity contribution in [1.82, 2.24) is 0 Å². The zero-order chi connectivity index (χ0) is 13.8. The van der Waals surface area contributed by atoms with Gasteiger partial charge in [-0.05, 0) is 36.9 Å². The van der Waals surface area contributed by atoms with E-state index in [-0.39, 0.29) is 34.4 Å². The van der Waals surface area contributed by atoms with Gasteiger partial charge in [0.15, 0.2) is 5.78 Å². The number of carbonyl (C=O) groups is 1. The van der Waals surface area contributed by atoms with Gasteiger partial charge in [-0.1, -0.05) is 6.92 Å². The first-order chi connectivity index (χ1) is 8.37. The predicted octanol–water partition coefficient (Wildman–Crippen LogP) is 4.29. The maximum atomic E-state index is 12.4. The summed E-state index contributed by atoms with van der Waals surface area (Å²) in [6.07, 6.45) is 0.154. The highest BCUT2D eigenvalue weighted by Crippen LogP contribution is 2.39. The minimum Gasteiger partial charge on any atom is -0.494 e. The van der Waals surface area contributed by atoms with Gasteiger partial charge in [0.05, 0.1) is 6.61 Å². The maximum Gasteiger partial charge on any atom is 0.446 e. The first-order valence-electron chi connectivity index (χ1n) is 5.43. The zero-order valence-corrected chi connectivity index (χ0v) is 10.8. The quantitative estimate of drug-likeness (QED) is 0.593. The van der Waals surface area contributed by atoms with Gasteiger partial charge < -0.3 is 4.74 Å². The Labute approximate surface area is 108 Å². The Morgan fingerprint density at radius 1 is 1.33 bits per heavy atom. The number of Topliss-reactive ketones (excluding diaryl/α,β-unsaturated/α-hetero) is 1. The van der Waals surface area contributed by atoms with Crippen LogP contribution in [0.3, 0.4) is 0 Å². The van der Waals surface area contributed by atoms with Gasteiger partial charge in [0.25, 0.3) is 0 Å². The fourth-order valence-electron chi connectivity index (χ4n) is 1.39. The fraction of sp³-hybridized carbons (Fsp3) is 0.417. The number of thioether (sulfide) groups is 1. The number of halogens is 3. The van der Waals surface area contributed by atoms with Gasteiger partial charge in [-0.25, -0.2) is 0 Å². The molecule has 0 saturated heterocycles. The Morgan fingerprint density at radius 2 is 2.00 bits per heavy atom. The van der Waals surface area contributed by atoms with Crippen molar-refractivity contribution in [2.24, 2.45) is 0 Å². The molecule has 2 nitrogen and oxygen atoms in total. The third kappa shape index (κ3) is 4.25. The molecule has 0 radical (unpaired) electrons. The minimum atomic E-state index is -4.41. The molecule has 0 saturated carbocycles. The van der Waals surface area contributed by atoms with Crippen molar-refractivity contribution in [3.8, 4) is 5.75 Å². The van der Waals surface area contributed by atoms with Crippen LogP contribution in [0.4, 0.5) is 13.2 Å². The average Bonchev–Trinajstić information content (AvgIpc) is 2.28. The summed E-state index contributed by atoms with van der Waals surface area (Å²) in [5.41, 5.74) is -4.35. The lowest BCUT2D eigenvalue weighted by Gasteiger charge is -2.12. The smallest absolute Gasteiger partial charge is 0.446 e. The Morgan fingerprint density at radius 3 is 2.50 bits per heavy atom. The van der Waals surface area contributed by atoms with Crippen LogP contribution in [0.2, 0.25) is 0 Å². The normalized spacial score (nSPS) is 11.4. The first kappa shape index (κ1) is 14.9. The molecule has 0 spiro atoms. The van der Waals surface area contributed by atoms with E-state index >= 15 is 0 Å². The molecule has 0 unspecified atom stereocenters. The van der Waals surface area contributed by atoms with Gasteiger partial charge in [0, 0.05) is 16.9 Å². The largest absolute Gasteiger partial charge is 0.494 e.